The van der Waals surface area contributed by atoms with Crippen molar-refractivity contribution >= 4 is 11.3 Å². The van der Waals surface area contributed by atoms with Crippen molar-refractivity contribution in [3.8, 4) is 0 Å². The molecule has 0 aliphatic carbocycles. The van der Waals surface area contributed by atoms with Gasteiger partial charge >= 0.3 is 0 Å². The summed E-state index contributed by atoms with van der Waals surface area (Å²) in [7, 11) is 3.75. The molecule has 0 aliphatic heterocycles. The van der Waals surface area contributed by atoms with Crippen LogP contribution in [-0.4, -0.2) is 31.3 Å². The topological polar surface area (TPSA) is 34.1 Å². The van der Waals surface area contributed by atoms with Gasteiger partial charge in [-0.1, -0.05) is 6.92 Å². The first-order valence-electron chi connectivity index (χ1n) is 5.32. The Labute approximate surface area is 95.9 Å². The summed E-state index contributed by atoms with van der Waals surface area (Å²) >= 11 is 1.72. The number of nitrogens with zero attached hydrogens (tertiary/aromatic N) is 1. The first-order valence-corrected chi connectivity index (χ1v) is 6.20. The molecular weight excluding hydrogens is 208 g/mol. The molecule has 1 N–H and O–H groups in total. The Morgan fingerprint density at radius 2 is 2.33 bits per heavy atom. The first-order chi connectivity index (χ1) is 7.21. The molecule has 0 saturated heterocycles. The van der Waals surface area contributed by atoms with Crippen molar-refractivity contribution in [1.82, 2.24) is 10.3 Å². The van der Waals surface area contributed by atoms with Crippen molar-refractivity contribution < 1.29 is 4.74 Å². The zero-order chi connectivity index (χ0) is 11.3. The van der Waals surface area contributed by atoms with E-state index >= 15 is 0 Å². The van der Waals surface area contributed by atoms with E-state index in [1.807, 2.05) is 14.0 Å². The van der Waals surface area contributed by atoms with E-state index in [-0.39, 0.29) is 6.10 Å². The third-order valence-electron chi connectivity index (χ3n) is 2.59. The molecule has 0 radical (unpaired) electrons. The number of hydrogen-bond acceptors (Lipinski definition) is 4. The number of aromatic nitrogens is 1. The number of nitrogens with one attached hydrogen (secondary N) is 1. The second-order valence-corrected chi connectivity index (χ2v) is 4.61. The van der Waals surface area contributed by atoms with Crippen molar-refractivity contribution in [3.63, 3.8) is 0 Å². The van der Waals surface area contributed by atoms with E-state index in [4.69, 9.17) is 4.74 Å². The average Bonchev–Trinajstić information content (AvgIpc) is 2.64. The fourth-order valence-electron chi connectivity index (χ4n) is 1.72. The van der Waals surface area contributed by atoms with Gasteiger partial charge in [-0.05, 0) is 20.4 Å². The van der Waals surface area contributed by atoms with Crippen LogP contribution in [-0.2, 0) is 11.2 Å². The highest BCUT2D eigenvalue weighted by Gasteiger charge is 2.19. The van der Waals surface area contributed by atoms with Crippen molar-refractivity contribution in [1.29, 1.82) is 0 Å². The van der Waals surface area contributed by atoms with Gasteiger partial charge in [0.2, 0.25) is 0 Å². The third kappa shape index (κ3) is 3.55. The van der Waals surface area contributed by atoms with Gasteiger partial charge in [0.15, 0.2) is 0 Å². The summed E-state index contributed by atoms with van der Waals surface area (Å²) in [6, 6.07) is 0.352. The lowest BCUT2D eigenvalue weighted by atomic mass is 10.1. The molecule has 1 aromatic rings. The van der Waals surface area contributed by atoms with Gasteiger partial charge in [0.25, 0.3) is 0 Å². The summed E-state index contributed by atoms with van der Waals surface area (Å²) in [5.74, 6) is 0. The van der Waals surface area contributed by atoms with E-state index < -0.39 is 0 Å². The van der Waals surface area contributed by atoms with Crippen LogP contribution in [0.2, 0.25) is 0 Å². The minimum Gasteiger partial charge on any atom is -0.380 e. The first kappa shape index (κ1) is 12.6. The monoisotopic (exact) mass is 228 g/mol. The Bertz CT molecular complexity index is 284. The van der Waals surface area contributed by atoms with E-state index in [1.165, 1.54) is 5.01 Å². The van der Waals surface area contributed by atoms with Gasteiger partial charge in [0.05, 0.1) is 11.1 Å². The van der Waals surface area contributed by atoms with Gasteiger partial charge in [-0.2, -0.15) is 0 Å². The number of hydrogen-bond donors (Lipinski definition) is 1. The second-order valence-electron chi connectivity index (χ2n) is 3.66. The van der Waals surface area contributed by atoms with Crippen LogP contribution in [0.15, 0.2) is 5.38 Å². The lowest BCUT2D eigenvalue weighted by molar-refractivity contribution is 0.0678. The van der Waals surface area contributed by atoms with E-state index in [0.717, 1.165) is 18.5 Å². The van der Waals surface area contributed by atoms with Gasteiger partial charge in [0.1, 0.15) is 0 Å². The summed E-state index contributed by atoms with van der Waals surface area (Å²) in [6.07, 6.45) is 2.23. The fraction of sp³-hybridized carbons (Fsp3) is 0.727. The lowest BCUT2D eigenvalue weighted by Gasteiger charge is -2.23. The molecule has 15 heavy (non-hydrogen) atoms. The third-order valence-corrected chi connectivity index (χ3v) is 3.57. The molecule has 0 fully saturated rings. The lowest BCUT2D eigenvalue weighted by Crippen LogP contribution is -2.40. The molecule has 1 aromatic heterocycles. The number of thiazole rings is 1. The van der Waals surface area contributed by atoms with Crippen molar-refractivity contribution in [2.24, 2.45) is 0 Å². The summed E-state index contributed by atoms with van der Waals surface area (Å²) in [5, 5.41) is 6.58. The average molecular weight is 228 g/mol. The highest BCUT2D eigenvalue weighted by Crippen LogP contribution is 2.14. The summed E-state index contributed by atoms with van der Waals surface area (Å²) in [5.41, 5.74) is 1.11. The molecule has 0 aromatic carbocycles. The zero-order valence-electron chi connectivity index (χ0n) is 9.91. The van der Waals surface area contributed by atoms with Crippen LogP contribution in [0, 0.1) is 6.92 Å². The number of ether oxygens (including phenoxy) is 1. The minimum atomic E-state index is 0.263. The van der Waals surface area contributed by atoms with E-state index in [0.29, 0.717) is 6.04 Å². The second kappa shape index (κ2) is 6.20. The molecule has 1 rings (SSSR count). The molecule has 0 aliphatic rings. The predicted molar refractivity (Wildman–Crippen MR) is 64.5 cm³/mol. The smallest absolute Gasteiger partial charge is 0.0944 e. The molecule has 1 heterocycles. The van der Waals surface area contributed by atoms with Crippen LogP contribution >= 0.6 is 11.3 Å². The number of methoxy groups -OCH3 is 1. The van der Waals surface area contributed by atoms with Crippen LogP contribution in [0.4, 0.5) is 0 Å². The summed E-state index contributed by atoms with van der Waals surface area (Å²) in [6.45, 7) is 4.17. The summed E-state index contributed by atoms with van der Waals surface area (Å²) in [4.78, 5) is 4.47. The van der Waals surface area contributed by atoms with Gasteiger partial charge in [-0.25, -0.2) is 4.98 Å². The molecule has 0 bridgehead atoms. The molecule has 4 heteroatoms. The zero-order valence-corrected chi connectivity index (χ0v) is 10.7. The van der Waals surface area contributed by atoms with E-state index in [9.17, 15) is 0 Å². The summed E-state index contributed by atoms with van der Waals surface area (Å²) < 4.78 is 5.45. The van der Waals surface area contributed by atoms with Crippen LogP contribution < -0.4 is 5.32 Å². The van der Waals surface area contributed by atoms with Gasteiger partial charge in [-0.3, -0.25) is 0 Å². The highest BCUT2D eigenvalue weighted by atomic mass is 32.1. The Balaban J connectivity index is 2.60. The maximum absolute atomic E-state index is 5.45. The molecule has 2 unspecified atom stereocenters. The van der Waals surface area contributed by atoms with Gasteiger partial charge in [-0.15, -0.1) is 11.3 Å². The standard InChI is InChI=1S/C11H20N2OS/c1-5-10(14-4)9(12-3)6-11-13-8(2)7-15-11/h7,9-10,12H,5-6H2,1-4H3. The van der Waals surface area contributed by atoms with Crippen LogP contribution in [0.3, 0.4) is 0 Å². The van der Waals surface area contributed by atoms with Crippen molar-refractivity contribution in [3.05, 3.63) is 16.1 Å². The van der Waals surface area contributed by atoms with Crippen LogP contribution in [0.25, 0.3) is 0 Å². The van der Waals surface area contributed by atoms with Gasteiger partial charge in [0, 0.05) is 30.6 Å². The quantitative estimate of drug-likeness (QED) is 0.808. The Morgan fingerprint density at radius 3 is 2.73 bits per heavy atom. The minimum absolute atomic E-state index is 0.263. The number of rotatable bonds is 6. The highest BCUT2D eigenvalue weighted by molar-refractivity contribution is 7.09. The maximum atomic E-state index is 5.45. The molecule has 0 spiro atoms. The normalized spacial score (nSPS) is 15.2. The van der Waals surface area contributed by atoms with Gasteiger partial charge < -0.3 is 10.1 Å². The van der Waals surface area contributed by atoms with Crippen LogP contribution in [0.1, 0.15) is 24.0 Å². The number of likely N-dealkylation sites (N-methyl/N-ethyl adjacent to an activating group) is 1. The maximum Gasteiger partial charge on any atom is 0.0944 e. The Hall–Kier alpha value is -0.450. The van der Waals surface area contributed by atoms with E-state index in [2.05, 4.69) is 22.6 Å². The SMILES string of the molecule is CCC(OC)C(Cc1nc(C)cs1)NC. The number of aryl methyl sites for hydroxylation is 1. The molecule has 86 valence electrons. The molecule has 0 amide bonds. The molecular formula is C11H20N2OS. The van der Waals surface area contributed by atoms with Crippen LogP contribution in [0.5, 0.6) is 0 Å². The molecule has 3 nitrogen and oxygen atoms in total. The molecule has 0 saturated carbocycles. The predicted octanol–water partition coefficient (Wildman–Crippen LogP) is 2.01. The largest absolute Gasteiger partial charge is 0.380 e. The van der Waals surface area contributed by atoms with E-state index in [1.54, 1.807) is 18.4 Å². The Kier molecular flexibility index (Phi) is 5.22. The molecule has 2 atom stereocenters. The fourth-order valence-corrected chi connectivity index (χ4v) is 2.55. The van der Waals surface area contributed by atoms with Crippen molar-refractivity contribution in [2.45, 2.75) is 38.8 Å². The Morgan fingerprint density at radius 1 is 1.60 bits per heavy atom. The van der Waals surface area contributed by atoms with Crippen molar-refractivity contribution in [2.75, 3.05) is 14.2 Å².